The van der Waals surface area contributed by atoms with Crippen molar-refractivity contribution in [2.24, 2.45) is 11.8 Å². The first-order valence-electron chi connectivity index (χ1n) is 9.43. The van der Waals surface area contributed by atoms with Gasteiger partial charge in [-0.3, -0.25) is 0 Å². The Morgan fingerprint density at radius 2 is 1.81 bits per heavy atom. The first kappa shape index (κ1) is 20.5. The van der Waals surface area contributed by atoms with Crippen molar-refractivity contribution in [3.05, 3.63) is 29.8 Å². The van der Waals surface area contributed by atoms with E-state index in [-0.39, 0.29) is 6.04 Å². The summed E-state index contributed by atoms with van der Waals surface area (Å²) in [6, 6.07) is 7.68. The van der Waals surface area contributed by atoms with Gasteiger partial charge in [-0.05, 0) is 36.0 Å². The molecule has 27 heavy (non-hydrogen) atoms. The van der Waals surface area contributed by atoms with Crippen molar-refractivity contribution >= 4 is 10.2 Å². The molecular weight excluding hydrogens is 366 g/mol. The SMILES string of the molecule is COCCCN1C[C@H]2CN(S(=O)(=O)N(C)C)[C@@H](c3ccc(OC)cc3)[C@H]2C1. The fraction of sp³-hybridized carbons (Fsp3) is 0.684. The zero-order chi connectivity index (χ0) is 19.6. The van der Waals surface area contributed by atoms with Crippen molar-refractivity contribution < 1.29 is 17.9 Å². The molecule has 0 bridgehead atoms. The van der Waals surface area contributed by atoms with Gasteiger partial charge in [0.15, 0.2) is 0 Å². The number of methoxy groups -OCH3 is 2. The minimum Gasteiger partial charge on any atom is -0.497 e. The molecule has 0 amide bonds. The van der Waals surface area contributed by atoms with Crippen LogP contribution in [0.4, 0.5) is 0 Å². The molecule has 2 fully saturated rings. The zero-order valence-electron chi connectivity index (χ0n) is 16.7. The van der Waals surface area contributed by atoms with E-state index in [0.29, 0.717) is 18.4 Å². The summed E-state index contributed by atoms with van der Waals surface area (Å²) in [6.45, 7) is 4.19. The standard InChI is InChI=1S/C19H31N3O4S/c1-20(2)27(23,24)22-13-16-12-21(10-5-11-25-3)14-18(16)19(22)15-6-8-17(26-4)9-7-15/h6-9,16,18-19H,5,10-14H2,1-4H3/t16-,18-,19-/m0/s1. The van der Waals surface area contributed by atoms with Crippen LogP contribution in [0.2, 0.25) is 0 Å². The molecule has 152 valence electrons. The van der Waals surface area contributed by atoms with E-state index in [2.05, 4.69) is 4.90 Å². The Kier molecular flexibility index (Phi) is 6.43. The second-order valence-corrected chi connectivity index (χ2v) is 9.70. The highest BCUT2D eigenvalue weighted by Crippen LogP contribution is 2.46. The number of nitrogens with zero attached hydrogens (tertiary/aromatic N) is 3. The molecule has 2 aliphatic heterocycles. The summed E-state index contributed by atoms with van der Waals surface area (Å²) in [5, 5.41) is 0. The lowest BCUT2D eigenvalue weighted by Crippen LogP contribution is -2.42. The average Bonchev–Trinajstić information content (AvgIpc) is 3.19. The molecule has 1 aromatic rings. The molecular formula is C19H31N3O4S. The van der Waals surface area contributed by atoms with Crippen LogP contribution in [0.3, 0.4) is 0 Å². The lowest BCUT2D eigenvalue weighted by atomic mass is 9.90. The predicted octanol–water partition coefficient (Wildman–Crippen LogP) is 1.44. The number of hydrogen-bond acceptors (Lipinski definition) is 5. The molecule has 0 radical (unpaired) electrons. The molecule has 0 saturated carbocycles. The topological polar surface area (TPSA) is 62.3 Å². The smallest absolute Gasteiger partial charge is 0.282 e. The van der Waals surface area contributed by atoms with Crippen molar-refractivity contribution in [3.8, 4) is 5.75 Å². The quantitative estimate of drug-likeness (QED) is 0.621. The van der Waals surface area contributed by atoms with Crippen molar-refractivity contribution in [2.45, 2.75) is 12.5 Å². The number of benzene rings is 1. The molecule has 0 N–H and O–H groups in total. The van der Waals surface area contributed by atoms with Gasteiger partial charge >= 0.3 is 0 Å². The van der Waals surface area contributed by atoms with Gasteiger partial charge in [0.2, 0.25) is 0 Å². The molecule has 0 aliphatic carbocycles. The maximum atomic E-state index is 13.0. The van der Waals surface area contributed by atoms with Crippen molar-refractivity contribution in [2.75, 3.05) is 61.1 Å². The molecule has 3 atom stereocenters. The van der Waals surface area contributed by atoms with Crippen LogP contribution in [0.25, 0.3) is 0 Å². The lowest BCUT2D eigenvalue weighted by molar-refractivity contribution is 0.174. The third-order valence-electron chi connectivity index (χ3n) is 5.74. The molecule has 2 heterocycles. The van der Waals surface area contributed by atoms with E-state index in [1.54, 1.807) is 32.6 Å². The third-order valence-corrected chi connectivity index (χ3v) is 7.63. The van der Waals surface area contributed by atoms with E-state index in [9.17, 15) is 8.42 Å². The summed E-state index contributed by atoms with van der Waals surface area (Å²) in [7, 11) is 3.09. The second-order valence-electron chi connectivity index (χ2n) is 7.61. The van der Waals surface area contributed by atoms with Crippen molar-refractivity contribution in [1.29, 1.82) is 0 Å². The van der Waals surface area contributed by atoms with Gasteiger partial charge in [0.1, 0.15) is 5.75 Å². The molecule has 0 spiro atoms. The van der Waals surface area contributed by atoms with Crippen LogP contribution in [-0.2, 0) is 14.9 Å². The molecule has 1 aromatic carbocycles. The molecule has 2 aliphatic rings. The normalized spacial score (nSPS) is 26.6. The van der Waals surface area contributed by atoms with Crippen LogP contribution in [0.1, 0.15) is 18.0 Å². The summed E-state index contributed by atoms with van der Waals surface area (Å²) in [6.07, 6.45) is 1.00. The van der Waals surface area contributed by atoms with Crippen LogP contribution < -0.4 is 4.74 Å². The molecule has 3 rings (SSSR count). The number of hydrogen-bond donors (Lipinski definition) is 0. The van der Waals surface area contributed by atoms with Crippen LogP contribution in [-0.4, -0.2) is 83.0 Å². The molecule has 0 unspecified atom stereocenters. The van der Waals surface area contributed by atoms with Crippen molar-refractivity contribution in [3.63, 3.8) is 0 Å². The van der Waals surface area contributed by atoms with E-state index in [1.807, 2.05) is 24.3 Å². The van der Waals surface area contributed by atoms with Crippen molar-refractivity contribution in [1.82, 2.24) is 13.5 Å². The summed E-state index contributed by atoms with van der Waals surface area (Å²) in [4.78, 5) is 2.45. The lowest BCUT2D eigenvalue weighted by Gasteiger charge is -2.31. The predicted molar refractivity (Wildman–Crippen MR) is 105 cm³/mol. The second kappa shape index (κ2) is 8.45. The fourth-order valence-corrected chi connectivity index (χ4v) is 5.74. The minimum absolute atomic E-state index is 0.138. The number of likely N-dealkylation sites (tertiary alicyclic amines) is 1. The largest absolute Gasteiger partial charge is 0.497 e. The Hall–Kier alpha value is -1.19. The van der Waals surface area contributed by atoms with Crippen LogP contribution >= 0.6 is 0 Å². The number of rotatable bonds is 8. The van der Waals surface area contributed by atoms with E-state index < -0.39 is 10.2 Å². The van der Waals surface area contributed by atoms with Gasteiger partial charge < -0.3 is 14.4 Å². The monoisotopic (exact) mass is 397 g/mol. The van der Waals surface area contributed by atoms with Gasteiger partial charge in [-0.1, -0.05) is 12.1 Å². The fourth-order valence-electron chi connectivity index (χ4n) is 4.37. The summed E-state index contributed by atoms with van der Waals surface area (Å²) >= 11 is 0. The molecule has 0 aromatic heterocycles. The summed E-state index contributed by atoms with van der Waals surface area (Å²) < 4.78 is 39.4. The maximum Gasteiger partial charge on any atom is 0.282 e. The van der Waals surface area contributed by atoms with Gasteiger partial charge in [0.25, 0.3) is 10.2 Å². The third kappa shape index (κ3) is 4.14. The van der Waals surface area contributed by atoms with Gasteiger partial charge in [-0.25, -0.2) is 0 Å². The van der Waals surface area contributed by atoms with Crippen LogP contribution in [0.5, 0.6) is 5.75 Å². The van der Waals surface area contributed by atoms with Crippen LogP contribution in [0, 0.1) is 11.8 Å². The number of fused-ring (bicyclic) bond motifs is 1. The van der Waals surface area contributed by atoms with E-state index in [0.717, 1.165) is 44.0 Å². The highest BCUT2D eigenvalue weighted by molar-refractivity contribution is 7.86. The molecule has 7 nitrogen and oxygen atoms in total. The first-order valence-corrected chi connectivity index (χ1v) is 10.8. The summed E-state index contributed by atoms with van der Waals surface area (Å²) in [5.74, 6) is 1.44. The van der Waals surface area contributed by atoms with Crippen LogP contribution in [0.15, 0.2) is 24.3 Å². The van der Waals surface area contributed by atoms with E-state index >= 15 is 0 Å². The zero-order valence-corrected chi connectivity index (χ0v) is 17.5. The minimum atomic E-state index is -3.47. The average molecular weight is 398 g/mol. The van der Waals surface area contributed by atoms with Gasteiger partial charge in [-0.2, -0.15) is 17.0 Å². The number of ether oxygens (including phenoxy) is 2. The van der Waals surface area contributed by atoms with E-state index in [4.69, 9.17) is 9.47 Å². The highest BCUT2D eigenvalue weighted by atomic mass is 32.2. The Bertz CT molecular complexity index is 723. The van der Waals surface area contributed by atoms with E-state index in [1.165, 1.54) is 4.31 Å². The van der Waals surface area contributed by atoms with Gasteiger partial charge in [0.05, 0.1) is 13.2 Å². The summed E-state index contributed by atoms with van der Waals surface area (Å²) in [5.41, 5.74) is 1.03. The van der Waals surface area contributed by atoms with Gasteiger partial charge in [-0.15, -0.1) is 0 Å². The van der Waals surface area contributed by atoms with Gasteiger partial charge in [0, 0.05) is 54.0 Å². The molecule has 2 saturated heterocycles. The Labute approximate surface area is 163 Å². The Morgan fingerprint density at radius 1 is 1.11 bits per heavy atom. The molecule has 8 heteroatoms. The maximum absolute atomic E-state index is 13.0. The Morgan fingerprint density at radius 3 is 2.41 bits per heavy atom. The first-order chi connectivity index (χ1) is 12.9. The highest BCUT2D eigenvalue weighted by Gasteiger charge is 2.51. The Balaban J connectivity index is 1.85.